The van der Waals surface area contributed by atoms with Gasteiger partial charge in [0, 0.05) is 17.6 Å². The van der Waals surface area contributed by atoms with Crippen molar-refractivity contribution >= 4 is 29.3 Å². The molecule has 4 aromatic rings. The van der Waals surface area contributed by atoms with Gasteiger partial charge in [-0.05, 0) is 30.2 Å². The number of hydrogen-bond donors (Lipinski definition) is 2. The average Bonchev–Trinajstić information content (AvgIpc) is 3.26. The Morgan fingerprint density at radius 3 is 2.55 bits per heavy atom. The predicted octanol–water partition coefficient (Wildman–Crippen LogP) is 4.89. The van der Waals surface area contributed by atoms with Gasteiger partial charge in [0.2, 0.25) is 11.1 Å². The lowest BCUT2D eigenvalue weighted by atomic mass is 9.95. The number of pyridine rings is 1. The zero-order valence-electron chi connectivity index (χ0n) is 18.0. The number of allylic oxidation sites excluding steroid dienone is 1. The summed E-state index contributed by atoms with van der Waals surface area (Å²) in [6.07, 6.45) is 3.30. The van der Waals surface area contributed by atoms with Crippen molar-refractivity contribution in [3.63, 3.8) is 0 Å². The van der Waals surface area contributed by atoms with Crippen molar-refractivity contribution in [1.82, 2.24) is 19.7 Å². The Morgan fingerprint density at radius 1 is 1.06 bits per heavy atom. The number of nitrogens with one attached hydrogen (secondary N) is 2. The van der Waals surface area contributed by atoms with E-state index in [9.17, 15) is 4.79 Å². The van der Waals surface area contributed by atoms with Crippen molar-refractivity contribution in [3.8, 4) is 0 Å². The van der Waals surface area contributed by atoms with Crippen molar-refractivity contribution in [2.45, 2.75) is 23.9 Å². The second kappa shape index (κ2) is 9.30. The van der Waals surface area contributed by atoms with E-state index in [0.717, 1.165) is 17.0 Å². The molecule has 0 fully saturated rings. The number of nitrogens with zero attached hydrogens (tertiary/aromatic N) is 4. The zero-order valence-corrected chi connectivity index (χ0v) is 18.8. The van der Waals surface area contributed by atoms with Crippen molar-refractivity contribution in [1.29, 1.82) is 0 Å². The molecule has 1 amide bonds. The van der Waals surface area contributed by atoms with E-state index < -0.39 is 6.04 Å². The Labute approximate surface area is 196 Å². The minimum absolute atomic E-state index is 0.207. The molecule has 2 N–H and O–H groups in total. The highest BCUT2D eigenvalue weighted by Gasteiger charge is 2.34. The first-order chi connectivity index (χ1) is 16.2. The van der Waals surface area contributed by atoms with E-state index in [-0.39, 0.29) is 5.91 Å². The van der Waals surface area contributed by atoms with Gasteiger partial charge in [0.1, 0.15) is 6.04 Å². The molecule has 7 nitrogen and oxygen atoms in total. The first-order valence-corrected chi connectivity index (χ1v) is 11.5. The zero-order chi connectivity index (χ0) is 22.6. The van der Waals surface area contributed by atoms with Crippen LogP contribution in [0, 0.1) is 0 Å². The lowest BCUT2D eigenvalue weighted by Crippen LogP contribution is -2.31. The summed E-state index contributed by atoms with van der Waals surface area (Å²) in [4.78, 5) is 22.2. The third kappa shape index (κ3) is 4.51. The largest absolute Gasteiger partial charge is 0.328 e. The minimum atomic E-state index is -0.405. The van der Waals surface area contributed by atoms with Gasteiger partial charge < -0.3 is 10.6 Å². The topological polar surface area (TPSA) is 84.7 Å². The van der Waals surface area contributed by atoms with E-state index in [0.29, 0.717) is 22.4 Å². The SMILES string of the molecule is CC1=C(C(=O)Nc2cccnc2)[C@H](c2ccccc2)n2nc(SCc3ccccc3)nc2N1. The fourth-order valence-corrected chi connectivity index (χ4v) is 4.57. The number of amides is 1. The minimum Gasteiger partial charge on any atom is -0.328 e. The van der Waals surface area contributed by atoms with Crippen molar-refractivity contribution in [2.75, 3.05) is 10.6 Å². The summed E-state index contributed by atoms with van der Waals surface area (Å²) in [5.41, 5.74) is 4.12. The summed E-state index contributed by atoms with van der Waals surface area (Å²) < 4.78 is 1.80. The van der Waals surface area contributed by atoms with Gasteiger partial charge >= 0.3 is 0 Å². The number of carbonyl (C=O) groups is 1. The molecule has 0 unspecified atom stereocenters. The predicted molar refractivity (Wildman–Crippen MR) is 130 cm³/mol. The Kier molecular flexibility index (Phi) is 5.91. The van der Waals surface area contributed by atoms with E-state index >= 15 is 0 Å². The molecule has 1 atom stereocenters. The standard InChI is InChI=1S/C25H22N6OS/c1-17-21(23(32)28-20-13-8-14-26-15-20)22(19-11-6-3-7-12-19)31-24(27-17)29-25(30-31)33-16-18-9-4-2-5-10-18/h2-15,22H,16H2,1H3,(H,28,32)(H,27,29,30)/t22-/m0/s1. The first-order valence-electron chi connectivity index (χ1n) is 10.6. The van der Waals surface area contributed by atoms with Gasteiger partial charge in [-0.1, -0.05) is 72.4 Å². The average molecular weight is 455 g/mol. The molecule has 33 heavy (non-hydrogen) atoms. The number of aromatic nitrogens is 4. The van der Waals surface area contributed by atoms with Crippen LogP contribution in [0.2, 0.25) is 0 Å². The number of anilines is 2. The number of rotatable bonds is 6. The molecule has 0 saturated heterocycles. The summed E-state index contributed by atoms with van der Waals surface area (Å²) in [5, 5.41) is 11.7. The Hall–Kier alpha value is -3.91. The lowest BCUT2D eigenvalue weighted by Gasteiger charge is -2.28. The van der Waals surface area contributed by atoms with Crippen LogP contribution in [0.4, 0.5) is 11.6 Å². The van der Waals surface area contributed by atoms with E-state index in [1.54, 1.807) is 34.9 Å². The molecule has 0 spiro atoms. The number of thioether (sulfide) groups is 1. The second-order valence-electron chi connectivity index (χ2n) is 7.61. The Morgan fingerprint density at radius 2 is 1.82 bits per heavy atom. The molecule has 0 radical (unpaired) electrons. The first kappa shape index (κ1) is 21.0. The third-order valence-corrected chi connectivity index (χ3v) is 6.23. The summed E-state index contributed by atoms with van der Waals surface area (Å²) in [5.74, 6) is 1.18. The summed E-state index contributed by atoms with van der Waals surface area (Å²) in [7, 11) is 0. The fourth-order valence-electron chi connectivity index (χ4n) is 3.79. The summed E-state index contributed by atoms with van der Waals surface area (Å²) in [6, 6.07) is 23.3. The van der Waals surface area contributed by atoms with Gasteiger partial charge in [0.25, 0.3) is 5.91 Å². The maximum Gasteiger partial charge on any atom is 0.255 e. The number of carbonyl (C=O) groups excluding carboxylic acids is 1. The van der Waals surface area contributed by atoms with Crippen LogP contribution < -0.4 is 10.6 Å². The molecule has 1 aliphatic heterocycles. The highest BCUT2D eigenvalue weighted by Crippen LogP contribution is 2.36. The number of benzene rings is 2. The van der Waals surface area contributed by atoms with Crippen LogP contribution >= 0.6 is 11.8 Å². The monoisotopic (exact) mass is 454 g/mol. The lowest BCUT2D eigenvalue weighted by molar-refractivity contribution is -0.113. The molecule has 0 saturated carbocycles. The van der Waals surface area contributed by atoms with Gasteiger partial charge in [-0.3, -0.25) is 9.78 Å². The quantitative estimate of drug-likeness (QED) is 0.404. The normalized spacial score (nSPS) is 15.0. The van der Waals surface area contributed by atoms with Crippen molar-refractivity contribution < 1.29 is 4.79 Å². The summed E-state index contributed by atoms with van der Waals surface area (Å²) in [6.45, 7) is 1.89. The summed E-state index contributed by atoms with van der Waals surface area (Å²) >= 11 is 1.57. The van der Waals surface area contributed by atoms with Crippen LogP contribution in [0.1, 0.15) is 24.1 Å². The molecule has 8 heteroatoms. The number of fused-ring (bicyclic) bond motifs is 1. The maximum absolute atomic E-state index is 13.4. The van der Waals surface area contributed by atoms with E-state index in [4.69, 9.17) is 10.1 Å². The van der Waals surface area contributed by atoms with Gasteiger partial charge in [0.05, 0.1) is 17.5 Å². The van der Waals surface area contributed by atoms with Crippen LogP contribution in [-0.4, -0.2) is 25.7 Å². The van der Waals surface area contributed by atoms with Crippen LogP contribution in [0.25, 0.3) is 0 Å². The maximum atomic E-state index is 13.4. The molecule has 164 valence electrons. The Balaban J connectivity index is 1.48. The molecule has 1 aliphatic rings. The molecule has 2 aromatic carbocycles. The number of hydrogen-bond acceptors (Lipinski definition) is 6. The van der Waals surface area contributed by atoms with Crippen molar-refractivity contribution in [2.24, 2.45) is 0 Å². The fraction of sp³-hybridized carbons (Fsp3) is 0.120. The molecule has 5 rings (SSSR count). The highest BCUT2D eigenvalue weighted by molar-refractivity contribution is 7.98. The van der Waals surface area contributed by atoms with Crippen LogP contribution in [0.5, 0.6) is 0 Å². The molecule has 0 bridgehead atoms. The highest BCUT2D eigenvalue weighted by atomic mass is 32.2. The third-order valence-electron chi connectivity index (χ3n) is 5.32. The van der Waals surface area contributed by atoms with Gasteiger partial charge in [0.15, 0.2) is 0 Å². The second-order valence-corrected chi connectivity index (χ2v) is 8.55. The molecular weight excluding hydrogens is 432 g/mol. The molecule has 0 aliphatic carbocycles. The van der Waals surface area contributed by atoms with Gasteiger partial charge in [-0.2, -0.15) is 4.98 Å². The smallest absolute Gasteiger partial charge is 0.255 e. The Bertz CT molecular complexity index is 1290. The van der Waals surface area contributed by atoms with E-state index in [2.05, 4.69) is 27.8 Å². The van der Waals surface area contributed by atoms with Crippen LogP contribution in [-0.2, 0) is 10.5 Å². The van der Waals surface area contributed by atoms with Gasteiger partial charge in [-0.25, -0.2) is 4.68 Å². The van der Waals surface area contributed by atoms with E-state index in [1.165, 1.54) is 5.56 Å². The molecular formula is C25H22N6OS. The van der Waals surface area contributed by atoms with Crippen LogP contribution in [0.15, 0.2) is 102 Å². The molecule has 3 heterocycles. The van der Waals surface area contributed by atoms with Gasteiger partial charge in [-0.15, -0.1) is 5.10 Å². The van der Waals surface area contributed by atoms with Crippen molar-refractivity contribution in [3.05, 3.63) is 108 Å². The van der Waals surface area contributed by atoms with E-state index in [1.807, 2.05) is 61.5 Å². The van der Waals surface area contributed by atoms with Crippen LogP contribution in [0.3, 0.4) is 0 Å². The molecule has 2 aromatic heterocycles.